The Morgan fingerprint density at radius 3 is 2.82 bits per heavy atom. The van der Waals surface area contributed by atoms with Gasteiger partial charge in [-0.3, -0.25) is 0 Å². The van der Waals surface area contributed by atoms with Crippen LogP contribution in [0.2, 0.25) is 5.02 Å². The molecule has 0 aliphatic carbocycles. The second kappa shape index (κ2) is 4.68. The van der Waals surface area contributed by atoms with Crippen LogP contribution in [-0.2, 0) is 16.4 Å². The van der Waals surface area contributed by atoms with Crippen LogP contribution in [0.5, 0.6) is 5.75 Å². The third kappa shape index (κ3) is 3.00. The molecular weight excluding hydrogens is 262 g/mol. The summed E-state index contributed by atoms with van der Waals surface area (Å²) < 4.78 is 22.4. The Balaban J connectivity index is 2.02. The van der Waals surface area contributed by atoms with Crippen molar-refractivity contribution in [2.75, 3.05) is 5.75 Å². The predicted octanol–water partition coefficient (Wildman–Crippen LogP) is 1.45. The van der Waals surface area contributed by atoms with Crippen molar-refractivity contribution in [3.05, 3.63) is 40.3 Å². The molecule has 17 heavy (non-hydrogen) atoms. The summed E-state index contributed by atoms with van der Waals surface area (Å²) in [6.45, 7) is 0.329. The summed E-state index contributed by atoms with van der Waals surface area (Å²) in [5.41, 5.74) is 0.576. The Hall–Kier alpha value is -1.04. The minimum absolute atomic E-state index is 0.0538. The summed E-state index contributed by atoms with van der Waals surface area (Å²) in [7, 11) is -3.06. The quantitative estimate of drug-likeness (QED) is 0.875. The molecular formula is C11H12ClNO3S. The van der Waals surface area contributed by atoms with Gasteiger partial charge in [-0.1, -0.05) is 23.7 Å². The van der Waals surface area contributed by atoms with E-state index in [2.05, 4.69) is 5.32 Å². The molecule has 1 unspecified atom stereocenters. The molecule has 1 aromatic carbocycles. The second-order valence-electron chi connectivity index (χ2n) is 3.88. The van der Waals surface area contributed by atoms with Crippen LogP contribution in [0.25, 0.3) is 0 Å². The molecule has 0 spiro atoms. The summed E-state index contributed by atoms with van der Waals surface area (Å²) in [6, 6.07) is 4.65. The van der Waals surface area contributed by atoms with E-state index >= 15 is 0 Å². The van der Waals surface area contributed by atoms with Gasteiger partial charge in [0.15, 0.2) is 9.84 Å². The van der Waals surface area contributed by atoms with E-state index in [-0.39, 0.29) is 17.5 Å². The first-order chi connectivity index (χ1) is 7.98. The van der Waals surface area contributed by atoms with Gasteiger partial charge in [0.2, 0.25) is 0 Å². The highest BCUT2D eigenvalue weighted by Crippen LogP contribution is 2.25. The van der Waals surface area contributed by atoms with Gasteiger partial charge < -0.3 is 10.4 Å². The van der Waals surface area contributed by atoms with Gasteiger partial charge in [0, 0.05) is 28.6 Å². The number of nitrogens with one attached hydrogen (secondary N) is 1. The molecule has 0 amide bonds. The fourth-order valence-corrected chi connectivity index (χ4v) is 3.16. The Bertz CT molecular complexity index is 534. The van der Waals surface area contributed by atoms with E-state index in [4.69, 9.17) is 11.6 Å². The lowest BCUT2D eigenvalue weighted by molar-refractivity contribution is 0.463. The lowest BCUT2D eigenvalue weighted by Gasteiger charge is -2.12. The van der Waals surface area contributed by atoms with Crippen molar-refractivity contribution < 1.29 is 13.5 Å². The third-order valence-electron chi connectivity index (χ3n) is 2.57. The van der Waals surface area contributed by atoms with E-state index in [0.717, 1.165) is 0 Å². The van der Waals surface area contributed by atoms with E-state index in [0.29, 0.717) is 17.1 Å². The highest BCUT2D eigenvalue weighted by Gasteiger charge is 2.21. The van der Waals surface area contributed by atoms with E-state index in [1.165, 1.54) is 5.41 Å². The fourth-order valence-electron chi connectivity index (χ4n) is 1.66. The molecule has 0 radical (unpaired) electrons. The van der Waals surface area contributed by atoms with Gasteiger partial charge in [0.25, 0.3) is 0 Å². The van der Waals surface area contributed by atoms with Crippen molar-refractivity contribution in [1.29, 1.82) is 0 Å². The van der Waals surface area contributed by atoms with Gasteiger partial charge >= 0.3 is 0 Å². The highest BCUT2D eigenvalue weighted by atomic mass is 35.5. The van der Waals surface area contributed by atoms with Gasteiger partial charge in [0.1, 0.15) is 5.75 Å². The summed E-state index contributed by atoms with van der Waals surface area (Å²) >= 11 is 5.93. The van der Waals surface area contributed by atoms with Crippen molar-refractivity contribution in [3.63, 3.8) is 0 Å². The Morgan fingerprint density at radius 1 is 1.47 bits per heavy atom. The molecule has 0 fully saturated rings. The minimum atomic E-state index is -3.06. The molecule has 6 heteroatoms. The smallest absolute Gasteiger partial charge is 0.173 e. The summed E-state index contributed by atoms with van der Waals surface area (Å²) in [5.74, 6) is 0.160. The molecule has 0 aromatic heterocycles. The summed E-state index contributed by atoms with van der Waals surface area (Å²) in [6.07, 6.45) is 1.60. The first kappa shape index (κ1) is 12.4. The maximum atomic E-state index is 11.2. The van der Waals surface area contributed by atoms with Gasteiger partial charge in [0.05, 0.1) is 5.75 Å². The van der Waals surface area contributed by atoms with Crippen molar-refractivity contribution in [3.8, 4) is 5.75 Å². The molecule has 2 rings (SSSR count). The van der Waals surface area contributed by atoms with E-state index in [1.807, 2.05) is 0 Å². The molecule has 0 saturated carbocycles. The molecule has 4 nitrogen and oxygen atoms in total. The van der Waals surface area contributed by atoms with Crippen molar-refractivity contribution >= 4 is 21.4 Å². The summed E-state index contributed by atoms with van der Waals surface area (Å²) in [5, 5.41) is 14.3. The zero-order valence-corrected chi connectivity index (χ0v) is 10.5. The van der Waals surface area contributed by atoms with Crippen LogP contribution in [-0.4, -0.2) is 25.3 Å². The lowest BCUT2D eigenvalue weighted by atomic mass is 10.2. The SMILES string of the molecule is O=S1(=O)C=CC(NCc2c(O)cccc2Cl)C1. The van der Waals surface area contributed by atoms with Crippen LogP contribution in [0.1, 0.15) is 5.56 Å². The Labute approximate surface area is 105 Å². The van der Waals surface area contributed by atoms with Crippen LogP contribution < -0.4 is 5.32 Å². The Kier molecular flexibility index (Phi) is 3.42. The zero-order chi connectivity index (χ0) is 12.5. The zero-order valence-electron chi connectivity index (χ0n) is 8.93. The standard InChI is InChI=1S/C11H12ClNO3S/c12-10-2-1-3-11(14)9(10)6-13-8-4-5-17(15,16)7-8/h1-5,8,13-14H,6-7H2. The number of halogens is 1. The number of phenols is 1. The molecule has 1 aliphatic rings. The maximum absolute atomic E-state index is 11.2. The van der Waals surface area contributed by atoms with Crippen LogP contribution in [0, 0.1) is 0 Å². The lowest BCUT2D eigenvalue weighted by Crippen LogP contribution is -2.29. The predicted molar refractivity (Wildman–Crippen MR) is 66.7 cm³/mol. The van der Waals surface area contributed by atoms with Crippen molar-refractivity contribution in [2.24, 2.45) is 0 Å². The second-order valence-corrected chi connectivity index (χ2v) is 6.22. The highest BCUT2D eigenvalue weighted by molar-refractivity contribution is 7.94. The topological polar surface area (TPSA) is 66.4 Å². The molecule has 92 valence electrons. The summed E-state index contributed by atoms with van der Waals surface area (Å²) in [4.78, 5) is 0. The average molecular weight is 274 g/mol. The van der Waals surface area contributed by atoms with Crippen LogP contribution in [0.15, 0.2) is 29.7 Å². The number of hydrogen-bond donors (Lipinski definition) is 2. The van der Waals surface area contributed by atoms with Gasteiger partial charge in [-0.05, 0) is 12.1 Å². The van der Waals surface area contributed by atoms with Crippen LogP contribution >= 0.6 is 11.6 Å². The molecule has 1 atom stereocenters. The third-order valence-corrected chi connectivity index (χ3v) is 4.31. The minimum Gasteiger partial charge on any atom is -0.508 e. The first-order valence-corrected chi connectivity index (χ1v) is 7.18. The van der Waals surface area contributed by atoms with Crippen LogP contribution in [0.3, 0.4) is 0 Å². The number of sulfone groups is 1. The van der Waals surface area contributed by atoms with Crippen LogP contribution in [0.4, 0.5) is 0 Å². The fraction of sp³-hybridized carbons (Fsp3) is 0.273. The average Bonchev–Trinajstić information content (AvgIpc) is 2.57. The molecule has 0 saturated heterocycles. The monoisotopic (exact) mass is 273 g/mol. The normalized spacial score (nSPS) is 21.8. The molecule has 1 aromatic rings. The van der Waals surface area contributed by atoms with E-state index in [1.54, 1.807) is 24.3 Å². The number of benzene rings is 1. The van der Waals surface area contributed by atoms with Gasteiger partial charge in [-0.25, -0.2) is 8.42 Å². The van der Waals surface area contributed by atoms with Gasteiger partial charge in [-0.2, -0.15) is 0 Å². The van der Waals surface area contributed by atoms with E-state index < -0.39 is 9.84 Å². The largest absolute Gasteiger partial charge is 0.508 e. The molecule has 1 aliphatic heterocycles. The van der Waals surface area contributed by atoms with Gasteiger partial charge in [-0.15, -0.1) is 0 Å². The first-order valence-electron chi connectivity index (χ1n) is 5.09. The van der Waals surface area contributed by atoms with Crippen molar-refractivity contribution in [2.45, 2.75) is 12.6 Å². The molecule has 2 N–H and O–H groups in total. The molecule has 0 bridgehead atoms. The number of hydrogen-bond acceptors (Lipinski definition) is 4. The van der Waals surface area contributed by atoms with Crippen molar-refractivity contribution in [1.82, 2.24) is 5.32 Å². The number of aromatic hydroxyl groups is 1. The van der Waals surface area contributed by atoms with E-state index in [9.17, 15) is 13.5 Å². The maximum Gasteiger partial charge on any atom is 0.173 e. The number of rotatable bonds is 3. The molecule has 1 heterocycles. The number of phenolic OH excluding ortho intramolecular Hbond substituents is 1. The Morgan fingerprint density at radius 2 is 2.24 bits per heavy atom.